The van der Waals surface area contributed by atoms with Crippen LogP contribution in [0, 0.1) is 0 Å². The molecule has 0 radical (unpaired) electrons. The quantitative estimate of drug-likeness (QED) is 0.529. The number of fused-ring (bicyclic) bond motifs is 3. The SMILES string of the molecule is CN(C)c1c(Nc2ccccc2)c2cccn2c2ccc(Cl)cc12. The largest absolute Gasteiger partial charge is 0.375 e. The molecule has 2 heterocycles. The molecule has 0 atom stereocenters. The van der Waals surface area contributed by atoms with Gasteiger partial charge in [-0.3, -0.25) is 0 Å². The maximum atomic E-state index is 6.28. The molecular formula is C20H18ClN3. The molecule has 0 aliphatic heterocycles. The van der Waals surface area contributed by atoms with E-state index in [-0.39, 0.29) is 0 Å². The van der Waals surface area contributed by atoms with Gasteiger partial charge in [-0.15, -0.1) is 0 Å². The maximum Gasteiger partial charge on any atom is 0.0873 e. The van der Waals surface area contributed by atoms with Crippen molar-refractivity contribution < 1.29 is 0 Å². The fourth-order valence-electron chi connectivity index (χ4n) is 3.21. The Morgan fingerprint density at radius 1 is 0.917 bits per heavy atom. The van der Waals surface area contributed by atoms with Crippen molar-refractivity contribution in [3.8, 4) is 0 Å². The molecule has 4 aromatic rings. The molecule has 2 aromatic carbocycles. The average Bonchev–Trinajstić information content (AvgIpc) is 3.05. The number of rotatable bonds is 3. The van der Waals surface area contributed by atoms with E-state index in [4.69, 9.17) is 11.6 Å². The lowest BCUT2D eigenvalue weighted by molar-refractivity contribution is 1.13. The summed E-state index contributed by atoms with van der Waals surface area (Å²) in [6.07, 6.45) is 2.08. The van der Waals surface area contributed by atoms with Crippen molar-refractivity contribution in [1.82, 2.24) is 4.40 Å². The minimum Gasteiger partial charge on any atom is -0.375 e. The zero-order valence-corrected chi connectivity index (χ0v) is 14.4. The van der Waals surface area contributed by atoms with E-state index in [2.05, 4.69) is 65.2 Å². The number of nitrogens with one attached hydrogen (secondary N) is 1. The molecule has 0 saturated heterocycles. The molecule has 0 saturated carbocycles. The summed E-state index contributed by atoms with van der Waals surface area (Å²) < 4.78 is 2.20. The molecule has 0 aliphatic carbocycles. The first-order valence-electron chi connectivity index (χ1n) is 7.87. The summed E-state index contributed by atoms with van der Waals surface area (Å²) in [5, 5.41) is 5.45. The lowest BCUT2D eigenvalue weighted by Crippen LogP contribution is -2.13. The average molecular weight is 336 g/mol. The van der Waals surface area contributed by atoms with Gasteiger partial charge in [0.1, 0.15) is 0 Å². The molecule has 4 heteroatoms. The van der Waals surface area contributed by atoms with Gasteiger partial charge in [0, 0.05) is 36.4 Å². The van der Waals surface area contributed by atoms with Crippen LogP contribution in [0.1, 0.15) is 0 Å². The fraction of sp³-hybridized carbons (Fsp3) is 0.100. The first-order valence-corrected chi connectivity index (χ1v) is 8.24. The molecule has 3 nitrogen and oxygen atoms in total. The second kappa shape index (κ2) is 5.77. The van der Waals surface area contributed by atoms with Crippen LogP contribution in [0.5, 0.6) is 0 Å². The van der Waals surface area contributed by atoms with Crippen molar-refractivity contribution in [3.63, 3.8) is 0 Å². The number of halogens is 1. The van der Waals surface area contributed by atoms with Crippen LogP contribution in [0.4, 0.5) is 17.1 Å². The van der Waals surface area contributed by atoms with Crippen LogP contribution in [0.2, 0.25) is 5.02 Å². The van der Waals surface area contributed by atoms with Crippen molar-refractivity contribution in [2.45, 2.75) is 0 Å². The number of para-hydroxylation sites is 1. The molecular weight excluding hydrogens is 318 g/mol. The van der Waals surface area contributed by atoms with Gasteiger partial charge in [0.15, 0.2) is 0 Å². The number of pyridine rings is 1. The zero-order chi connectivity index (χ0) is 16.7. The maximum absolute atomic E-state index is 6.28. The van der Waals surface area contributed by atoms with E-state index in [1.165, 1.54) is 0 Å². The second-order valence-corrected chi connectivity index (χ2v) is 6.47. The molecule has 24 heavy (non-hydrogen) atoms. The van der Waals surface area contributed by atoms with Crippen LogP contribution in [0.3, 0.4) is 0 Å². The van der Waals surface area contributed by atoms with Crippen LogP contribution in [-0.2, 0) is 0 Å². The summed E-state index contributed by atoms with van der Waals surface area (Å²) >= 11 is 6.28. The van der Waals surface area contributed by atoms with E-state index in [1.54, 1.807) is 0 Å². The van der Waals surface area contributed by atoms with Crippen molar-refractivity contribution in [2.24, 2.45) is 0 Å². The highest BCUT2D eigenvalue weighted by molar-refractivity contribution is 6.31. The second-order valence-electron chi connectivity index (χ2n) is 6.03. The van der Waals surface area contributed by atoms with E-state index in [9.17, 15) is 0 Å². The van der Waals surface area contributed by atoms with Crippen LogP contribution in [0.25, 0.3) is 16.4 Å². The van der Waals surface area contributed by atoms with Crippen LogP contribution < -0.4 is 10.2 Å². The van der Waals surface area contributed by atoms with Crippen LogP contribution in [0.15, 0.2) is 66.9 Å². The molecule has 0 unspecified atom stereocenters. The first kappa shape index (κ1) is 14.9. The number of anilines is 3. The summed E-state index contributed by atoms with van der Waals surface area (Å²) in [5.41, 5.74) is 5.54. The smallest absolute Gasteiger partial charge is 0.0873 e. The van der Waals surface area contributed by atoms with Gasteiger partial charge in [0.25, 0.3) is 0 Å². The fourth-order valence-corrected chi connectivity index (χ4v) is 3.38. The molecule has 0 fully saturated rings. The minimum absolute atomic E-state index is 0.739. The van der Waals surface area contributed by atoms with Crippen molar-refractivity contribution in [1.29, 1.82) is 0 Å². The number of aromatic nitrogens is 1. The van der Waals surface area contributed by atoms with E-state index in [0.29, 0.717) is 0 Å². The molecule has 0 spiro atoms. The van der Waals surface area contributed by atoms with Gasteiger partial charge >= 0.3 is 0 Å². The predicted octanol–water partition coefficient (Wildman–Crippen LogP) is 5.56. The Labute approximate surface area is 146 Å². The van der Waals surface area contributed by atoms with Crippen LogP contribution >= 0.6 is 11.6 Å². The molecule has 0 amide bonds. The van der Waals surface area contributed by atoms with Gasteiger partial charge in [-0.25, -0.2) is 0 Å². The summed E-state index contributed by atoms with van der Waals surface area (Å²) in [4.78, 5) is 2.14. The molecule has 1 N–H and O–H groups in total. The van der Waals surface area contributed by atoms with Gasteiger partial charge in [-0.05, 0) is 42.5 Å². The Kier molecular flexibility index (Phi) is 3.58. The predicted molar refractivity (Wildman–Crippen MR) is 104 cm³/mol. The highest BCUT2D eigenvalue weighted by Crippen LogP contribution is 2.40. The third-order valence-corrected chi connectivity index (χ3v) is 4.44. The Hall–Kier alpha value is -2.65. The molecule has 4 rings (SSSR count). The van der Waals surface area contributed by atoms with Gasteiger partial charge in [-0.1, -0.05) is 29.8 Å². The summed E-state index contributed by atoms with van der Waals surface area (Å²) in [6, 6.07) is 20.5. The number of benzene rings is 2. The first-order chi connectivity index (χ1) is 11.6. The number of nitrogens with zero attached hydrogens (tertiary/aromatic N) is 2. The summed E-state index contributed by atoms with van der Waals surface area (Å²) in [5.74, 6) is 0. The highest BCUT2D eigenvalue weighted by atomic mass is 35.5. The lowest BCUT2D eigenvalue weighted by Gasteiger charge is -2.23. The van der Waals surface area contributed by atoms with Gasteiger partial charge < -0.3 is 14.6 Å². The Bertz CT molecular complexity index is 1020. The van der Waals surface area contributed by atoms with Crippen molar-refractivity contribution >= 4 is 45.1 Å². The minimum atomic E-state index is 0.739. The Morgan fingerprint density at radius 3 is 2.46 bits per heavy atom. The molecule has 2 aromatic heterocycles. The van der Waals surface area contributed by atoms with E-state index >= 15 is 0 Å². The summed E-state index contributed by atoms with van der Waals surface area (Å²) in [7, 11) is 4.12. The van der Waals surface area contributed by atoms with E-state index < -0.39 is 0 Å². The van der Waals surface area contributed by atoms with Crippen molar-refractivity contribution in [3.05, 3.63) is 71.9 Å². The molecule has 0 aliphatic rings. The zero-order valence-electron chi connectivity index (χ0n) is 13.6. The number of hydrogen-bond donors (Lipinski definition) is 1. The third-order valence-electron chi connectivity index (χ3n) is 4.21. The molecule has 120 valence electrons. The monoisotopic (exact) mass is 335 g/mol. The van der Waals surface area contributed by atoms with Crippen molar-refractivity contribution in [2.75, 3.05) is 24.3 Å². The third kappa shape index (κ3) is 2.38. The topological polar surface area (TPSA) is 19.7 Å². The Balaban J connectivity index is 2.08. The van der Waals surface area contributed by atoms with Gasteiger partial charge in [-0.2, -0.15) is 0 Å². The van der Waals surface area contributed by atoms with E-state index in [0.717, 1.165) is 38.5 Å². The van der Waals surface area contributed by atoms with E-state index in [1.807, 2.05) is 30.3 Å². The van der Waals surface area contributed by atoms with Crippen LogP contribution in [-0.4, -0.2) is 18.5 Å². The normalized spacial score (nSPS) is 11.1. The number of hydrogen-bond acceptors (Lipinski definition) is 2. The standard InChI is InChI=1S/C20H18ClN3/c1-23(2)20-16-13-14(21)10-11-17(16)24-12-6-9-18(24)19(20)22-15-7-4-3-5-8-15/h3-13,22H,1-2H3. The van der Waals surface area contributed by atoms with Gasteiger partial charge in [0.2, 0.25) is 0 Å². The highest BCUT2D eigenvalue weighted by Gasteiger charge is 2.16. The molecule has 0 bridgehead atoms. The summed E-state index contributed by atoms with van der Waals surface area (Å²) in [6.45, 7) is 0. The Morgan fingerprint density at radius 2 is 1.71 bits per heavy atom. The van der Waals surface area contributed by atoms with Gasteiger partial charge in [0.05, 0.1) is 22.4 Å². The lowest BCUT2D eigenvalue weighted by atomic mass is 10.1.